The zero-order valence-corrected chi connectivity index (χ0v) is 9.24. The lowest BCUT2D eigenvalue weighted by molar-refractivity contribution is 0.411. The average molecular weight is 219 g/mol. The fourth-order valence-corrected chi connectivity index (χ4v) is 2.53. The van der Waals surface area contributed by atoms with Crippen LogP contribution in [0.25, 0.3) is 11.0 Å². The van der Waals surface area contributed by atoms with Crippen LogP contribution in [0.1, 0.15) is 17.9 Å². The molecule has 1 aromatic carbocycles. The molecule has 0 radical (unpaired) electrons. The first-order valence-electron chi connectivity index (χ1n) is 5.59. The van der Waals surface area contributed by atoms with Gasteiger partial charge >= 0.3 is 0 Å². The van der Waals surface area contributed by atoms with Gasteiger partial charge in [-0.25, -0.2) is 4.39 Å². The molecule has 0 saturated carbocycles. The van der Waals surface area contributed by atoms with Gasteiger partial charge in [0.15, 0.2) is 0 Å². The number of hydrogen-bond acceptors (Lipinski definition) is 2. The molecule has 0 unspecified atom stereocenters. The van der Waals surface area contributed by atoms with Crippen molar-refractivity contribution in [2.24, 2.45) is 0 Å². The molecule has 84 valence electrons. The Morgan fingerprint density at radius 2 is 2.31 bits per heavy atom. The van der Waals surface area contributed by atoms with Crippen LogP contribution in [0.15, 0.2) is 28.9 Å². The van der Waals surface area contributed by atoms with E-state index in [1.54, 1.807) is 6.26 Å². The molecule has 1 aromatic heterocycles. The van der Waals surface area contributed by atoms with Gasteiger partial charge in [-0.2, -0.15) is 0 Å². The maximum absolute atomic E-state index is 13.0. The SMILES string of the molecule is CN1CC[C@H](c2coc3cc(F)ccc23)C1. The van der Waals surface area contributed by atoms with Gasteiger partial charge in [-0.05, 0) is 32.1 Å². The number of likely N-dealkylation sites (tertiary alicyclic amines) is 1. The molecule has 1 aliphatic rings. The minimum absolute atomic E-state index is 0.239. The summed E-state index contributed by atoms with van der Waals surface area (Å²) < 4.78 is 18.4. The molecule has 1 aliphatic heterocycles. The number of fused-ring (bicyclic) bond motifs is 1. The molecule has 1 fully saturated rings. The fraction of sp³-hybridized carbons (Fsp3) is 0.385. The normalized spacial score (nSPS) is 22.0. The van der Waals surface area contributed by atoms with Crippen LogP contribution < -0.4 is 0 Å². The Balaban J connectivity index is 2.04. The van der Waals surface area contributed by atoms with Crippen LogP contribution in [0, 0.1) is 5.82 Å². The molecule has 16 heavy (non-hydrogen) atoms. The lowest BCUT2D eigenvalue weighted by Crippen LogP contribution is -2.13. The van der Waals surface area contributed by atoms with Crippen LogP contribution >= 0.6 is 0 Å². The van der Waals surface area contributed by atoms with Crippen LogP contribution in [0.5, 0.6) is 0 Å². The molecule has 0 aliphatic carbocycles. The summed E-state index contributed by atoms with van der Waals surface area (Å²) in [4.78, 5) is 2.31. The highest BCUT2D eigenvalue weighted by atomic mass is 19.1. The molecule has 0 amide bonds. The number of halogens is 1. The molecular weight excluding hydrogens is 205 g/mol. The Morgan fingerprint density at radius 1 is 1.44 bits per heavy atom. The maximum Gasteiger partial charge on any atom is 0.137 e. The van der Waals surface area contributed by atoms with Gasteiger partial charge in [0.25, 0.3) is 0 Å². The van der Waals surface area contributed by atoms with E-state index >= 15 is 0 Å². The smallest absolute Gasteiger partial charge is 0.137 e. The Morgan fingerprint density at radius 3 is 3.06 bits per heavy atom. The first kappa shape index (κ1) is 9.85. The van der Waals surface area contributed by atoms with Crippen LogP contribution in [0.4, 0.5) is 4.39 Å². The van der Waals surface area contributed by atoms with Crippen molar-refractivity contribution >= 4 is 11.0 Å². The molecule has 1 saturated heterocycles. The maximum atomic E-state index is 13.0. The summed E-state index contributed by atoms with van der Waals surface area (Å²) in [6.07, 6.45) is 2.94. The number of nitrogens with zero attached hydrogens (tertiary/aromatic N) is 1. The van der Waals surface area contributed by atoms with Gasteiger partial charge in [-0.1, -0.05) is 0 Å². The molecule has 0 spiro atoms. The highest BCUT2D eigenvalue weighted by molar-refractivity contribution is 5.81. The first-order chi connectivity index (χ1) is 7.74. The second kappa shape index (κ2) is 3.59. The van der Waals surface area contributed by atoms with Crippen molar-refractivity contribution < 1.29 is 8.81 Å². The zero-order chi connectivity index (χ0) is 11.1. The van der Waals surface area contributed by atoms with Crippen molar-refractivity contribution in [2.75, 3.05) is 20.1 Å². The Labute approximate surface area is 93.7 Å². The van der Waals surface area contributed by atoms with Crippen LogP contribution in [-0.2, 0) is 0 Å². The first-order valence-corrected chi connectivity index (χ1v) is 5.59. The number of furan rings is 1. The van der Waals surface area contributed by atoms with Crippen LogP contribution in [-0.4, -0.2) is 25.0 Å². The van der Waals surface area contributed by atoms with Gasteiger partial charge < -0.3 is 9.32 Å². The molecule has 3 heteroatoms. The molecule has 2 aromatic rings. The predicted molar refractivity (Wildman–Crippen MR) is 61.0 cm³/mol. The van der Waals surface area contributed by atoms with E-state index in [0.717, 1.165) is 24.9 Å². The summed E-state index contributed by atoms with van der Waals surface area (Å²) in [7, 11) is 2.13. The molecular formula is C13H14FNO. The van der Waals surface area contributed by atoms with Crippen molar-refractivity contribution in [3.8, 4) is 0 Å². The van der Waals surface area contributed by atoms with Gasteiger partial charge in [-0.15, -0.1) is 0 Å². The van der Waals surface area contributed by atoms with Crippen molar-refractivity contribution in [3.63, 3.8) is 0 Å². The van der Waals surface area contributed by atoms with Crippen LogP contribution in [0.3, 0.4) is 0 Å². The molecule has 0 bridgehead atoms. The van der Waals surface area contributed by atoms with Gasteiger partial charge in [0.2, 0.25) is 0 Å². The molecule has 2 nitrogen and oxygen atoms in total. The Bertz CT molecular complexity index is 520. The van der Waals surface area contributed by atoms with Crippen molar-refractivity contribution in [1.82, 2.24) is 4.90 Å². The molecule has 1 atom stereocenters. The second-order valence-corrected chi connectivity index (χ2v) is 4.58. The molecule has 2 heterocycles. The third kappa shape index (κ3) is 1.52. The Kier molecular flexibility index (Phi) is 2.21. The quantitative estimate of drug-likeness (QED) is 0.733. The molecule has 0 N–H and O–H groups in total. The van der Waals surface area contributed by atoms with Gasteiger partial charge in [0.05, 0.1) is 6.26 Å². The summed E-state index contributed by atoms with van der Waals surface area (Å²) in [6.45, 7) is 2.19. The average Bonchev–Trinajstić information content (AvgIpc) is 2.83. The van der Waals surface area contributed by atoms with E-state index in [1.165, 1.54) is 17.7 Å². The highest BCUT2D eigenvalue weighted by Crippen LogP contribution is 2.33. The van der Waals surface area contributed by atoms with Crippen molar-refractivity contribution in [3.05, 3.63) is 35.8 Å². The van der Waals surface area contributed by atoms with E-state index in [-0.39, 0.29) is 5.82 Å². The van der Waals surface area contributed by atoms with E-state index in [2.05, 4.69) is 11.9 Å². The van der Waals surface area contributed by atoms with Gasteiger partial charge in [0, 0.05) is 29.5 Å². The summed E-state index contributed by atoms with van der Waals surface area (Å²) in [5.74, 6) is 0.286. The highest BCUT2D eigenvalue weighted by Gasteiger charge is 2.24. The summed E-state index contributed by atoms with van der Waals surface area (Å²) in [5.41, 5.74) is 1.88. The fourth-order valence-electron chi connectivity index (χ4n) is 2.53. The van der Waals surface area contributed by atoms with Crippen LogP contribution in [0.2, 0.25) is 0 Å². The third-order valence-corrected chi connectivity index (χ3v) is 3.40. The monoisotopic (exact) mass is 219 g/mol. The Hall–Kier alpha value is -1.35. The topological polar surface area (TPSA) is 16.4 Å². The van der Waals surface area contributed by atoms with Gasteiger partial charge in [-0.3, -0.25) is 0 Å². The molecule has 3 rings (SSSR count). The number of rotatable bonds is 1. The van der Waals surface area contributed by atoms with Gasteiger partial charge in [0.1, 0.15) is 11.4 Å². The number of hydrogen-bond donors (Lipinski definition) is 0. The second-order valence-electron chi connectivity index (χ2n) is 4.58. The zero-order valence-electron chi connectivity index (χ0n) is 9.24. The largest absolute Gasteiger partial charge is 0.464 e. The number of benzene rings is 1. The summed E-state index contributed by atoms with van der Waals surface area (Å²) in [6, 6.07) is 4.78. The van der Waals surface area contributed by atoms with E-state index < -0.39 is 0 Å². The summed E-state index contributed by atoms with van der Waals surface area (Å²) in [5, 5.41) is 1.06. The predicted octanol–water partition coefficient (Wildman–Crippen LogP) is 2.99. The van der Waals surface area contributed by atoms with Crippen molar-refractivity contribution in [1.29, 1.82) is 0 Å². The third-order valence-electron chi connectivity index (χ3n) is 3.40. The number of likely N-dealkylation sites (N-methyl/N-ethyl adjacent to an activating group) is 1. The minimum atomic E-state index is -0.239. The van der Waals surface area contributed by atoms with E-state index in [0.29, 0.717) is 11.5 Å². The van der Waals surface area contributed by atoms with E-state index in [1.807, 2.05) is 6.07 Å². The summed E-state index contributed by atoms with van der Waals surface area (Å²) >= 11 is 0. The van der Waals surface area contributed by atoms with E-state index in [9.17, 15) is 4.39 Å². The lowest BCUT2D eigenvalue weighted by Gasteiger charge is -2.08. The standard InChI is InChI=1S/C13H14FNO/c1-15-5-4-9(7-15)12-8-16-13-6-10(14)2-3-11(12)13/h2-3,6,8-9H,4-5,7H2,1H3/t9-/m0/s1. The van der Waals surface area contributed by atoms with E-state index in [4.69, 9.17) is 4.42 Å². The van der Waals surface area contributed by atoms with Crippen molar-refractivity contribution in [2.45, 2.75) is 12.3 Å². The minimum Gasteiger partial charge on any atom is -0.464 e. The lowest BCUT2D eigenvalue weighted by atomic mass is 9.98.